The molecule has 0 unspecified atom stereocenters. The van der Waals surface area contributed by atoms with Gasteiger partial charge in [-0.3, -0.25) is 0 Å². The fourth-order valence-corrected chi connectivity index (χ4v) is 2.21. The Kier molecular flexibility index (Phi) is 5.01. The van der Waals surface area contributed by atoms with Crippen LogP contribution >= 0.6 is 15.9 Å². The normalized spacial score (nSPS) is 10.1. The van der Waals surface area contributed by atoms with Crippen LogP contribution in [0.1, 0.15) is 5.56 Å². The Balaban J connectivity index is 1.80. The summed E-state index contributed by atoms with van der Waals surface area (Å²) in [5.41, 5.74) is 1.54. The molecule has 0 fully saturated rings. The summed E-state index contributed by atoms with van der Waals surface area (Å²) in [5.74, 6) is 0.0506. The van der Waals surface area contributed by atoms with Crippen molar-refractivity contribution in [3.63, 3.8) is 0 Å². The summed E-state index contributed by atoms with van der Waals surface area (Å²) in [5, 5.41) is 14.9. The molecule has 0 aromatic heterocycles. The fraction of sp³-hybridized carbons (Fsp3) is 0.133. The molecule has 0 saturated heterocycles. The van der Waals surface area contributed by atoms with E-state index in [0.29, 0.717) is 12.2 Å². The summed E-state index contributed by atoms with van der Waals surface area (Å²) in [6, 6.07) is 14.2. The molecule has 104 valence electrons. The number of phenols is 1. The molecule has 0 aliphatic heterocycles. The van der Waals surface area contributed by atoms with E-state index in [1.165, 1.54) is 6.07 Å². The van der Waals surface area contributed by atoms with Crippen LogP contribution in [0.2, 0.25) is 0 Å². The average Bonchev–Trinajstić information content (AvgIpc) is 2.41. The number of hydrogen-bond acceptors (Lipinski definition) is 2. The summed E-state index contributed by atoms with van der Waals surface area (Å²) < 4.78 is 1.02. The van der Waals surface area contributed by atoms with Gasteiger partial charge in [0.25, 0.3) is 0 Å². The van der Waals surface area contributed by atoms with E-state index in [1.807, 2.05) is 24.3 Å². The Labute approximate surface area is 126 Å². The number of carbonyl (C=O) groups is 1. The number of hydrogen-bond donors (Lipinski definition) is 3. The number of benzene rings is 2. The van der Waals surface area contributed by atoms with Crippen molar-refractivity contribution >= 4 is 27.6 Å². The predicted molar refractivity (Wildman–Crippen MR) is 83.0 cm³/mol. The fourth-order valence-electron chi connectivity index (χ4n) is 1.76. The lowest BCUT2D eigenvalue weighted by Gasteiger charge is -2.09. The lowest BCUT2D eigenvalue weighted by atomic mass is 10.1. The van der Waals surface area contributed by atoms with Gasteiger partial charge < -0.3 is 15.7 Å². The van der Waals surface area contributed by atoms with Crippen LogP contribution in [0.3, 0.4) is 0 Å². The maximum atomic E-state index is 11.7. The minimum atomic E-state index is -0.332. The first-order valence-corrected chi connectivity index (χ1v) is 7.02. The maximum absolute atomic E-state index is 11.7. The van der Waals surface area contributed by atoms with Crippen LogP contribution in [-0.4, -0.2) is 17.7 Å². The van der Waals surface area contributed by atoms with Crippen molar-refractivity contribution in [2.75, 3.05) is 11.9 Å². The number of phenolic OH excluding ortho intramolecular Hbond substituents is 1. The van der Waals surface area contributed by atoms with Gasteiger partial charge in [0.2, 0.25) is 0 Å². The number of rotatable bonds is 4. The quantitative estimate of drug-likeness (QED) is 0.749. The van der Waals surface area contributed by atoms with E-state index in [1.54, 1.807) is 18.2 Å². The van der Waals surface area contributed by atoms with Gasteiger partial charge in [-0.05, 0) is 36.2 Å². The highest BCUT2D eigenvalue weighted by molar-refractivity contribution is 9.10. The third kappa shape index (κ3) is 4.28. The number of aromatic hydroxyl groups is 1. The second-order valence-corrected chi connectivity index (χ2v) is 5.19. The number of para-hydroxylation sites is 2. The van der Waals surface area contributed by atoms with Crippen LogP contribution < -0.4 is 10.6 Å². The lowest BCUT2D eigenvalue weighted by molar-refractivity contribution is 0.252. The van der Waals surface area contributed by atoms with E-state index in [-0.39, 0.29) is 11.8 Å². The molecule has 0 aliphatic carbocycles. The molecule has 2 rings (SSSR count). The van der Waals surface area contributed by atoms with Gasteiger partial charge in [-0.15, -0.1) is 0 Å². The Morgan fingerprint density at radius 1 is 1.15 bits per heavy atom. The van der Waals surface area contributed by atoms with E-state index in [4.69, 9.17) is 0 Å². The maximum Gasteiger partial charge on any atom is 0.319 e. The van der Waals surface area contributed by atoms with Crippen molar-refractivity contribution < 1.29 is 9.90 Å². The Hall–Kier alpha value is -2.01. The zero-order valence-electron chi connectivity index (χ0n) is 10.8. The zero-order valence-corrected chi connectivity index (χ0v) is 12.4. The van der Waals surface area contributed by atoms with Crippen molar-refractivity contribution in [3.05, 3.63) is 58.6 Å². The topological polar surface area (TPSA) is 61.4 Å². The third-order valence-electron chi connectivity index (χ3n) is 2.74. The number of halogens is 1. The van der Waals surface area contributed by atoms with Crippen LogP contribution in [0.15, 0.2) is 53.0 Å². The highest BCUT2D eigenvalue weighted by Crippen LogP contribution is 2.21. The predicted octanol–water partition coefficient (Wildman–Crippen LogP) is 3.52. The Morgan fingerprint density at radius 3 is 2.70 bits per heavy atom. The summed E-state index contributed by atoms with van der Waals surface area (Å²) in [6.45, 7) is 0.524. The molecule has 0 heterocycles. The number of carbonyl (C=O) groups excluding carboxylic acids is 1. The smallest absolute Gasteiger partial charge is 0.319 e. The molecule has 4 nitrogen and oxygen atoms in total. The van der Waals surface area contributed by atoms with Crippen LogP contribution in [0.25, 0.3) is 0 Å². The zero-order chi connectivity index (χ0) is 14.4. The van der Waals surface area contributed by atoms with Gasteiger partial charge in [-0.2, -0.15) is 0 Å². The van der Waals surface area contributed by atoms with E-state index in [2.05, 4.69) is 26.6 Å². The molecular formula is C15H15BrN2O2. The minimum Gasteiger partial charge on any atom is -0.506 e. The van der Waals surface area contributed by atoms with Gasteiger partial charge in [0.1, 0.15) is 5.75 Å². The molecule has 20 heavy (non-hydrogen) atoms. The first-order valence-electron chi connectivity index (χ1n) is 6.22. The van der Waals surface area contributed by atoms with Crippen LogP contribution in [0.5, 0.6) is 5.75 Å². The summed E-state index contributed by atoms with van der Waals surface area (Å²) >= 11 is 3.41. The van der Waals surface area contributed by atoms with Crippen molar-refractivity contribution in [3.8, 4) is 5.75 Å². The van der Waals surface area contributed by atoms with E-state index in [9.17, 15) is 9.90 Å². The molecule has 2 aromatic carbocycles. The SMILES string of the molecule is O=C(NCCc1cccc(Br)c1)Nc1ccccc1O. The molecule has 0 bridgehead atoms. The van der Waals surface area contributed by atoms with Gasteiger partial charge in [0, 0.05) is 11.0 Å². The second-order valence-electron chi connectivity index (χ2n) is 4.28. The van der Waals surface area contributed by atoms with Gasteiger partial charge in [0.05, 0.1) is 5.69 Å². The summed E-state index contributed by atoms with van der Waals surface area (Å²) in [4.78, 5) is 11.7. The molecule has 0 atom stereocenters. The van der Waals surface area contributed by atoms with Gasteiger partial charge >= 0.3 is 6.03 Å². The number of anilines is 1. The number of amides is 2. The van der Waals surface area contributed by atoms with Crippen LogP contribution in [0, 0.1) is 0 Å². The van der Waals surface area contributed by atoms with E-state index in [0.717, 1.165) is 16.5 Å². The average molecular weight is 335 g/mol. The van der Waals surface area contributed by atoms with E-state index < -0.39 is 0 Å². The standard InChI is InChI=1S/C15H15BrN2O2/c16-12-5-3-4-11(10-12)8-9-17-15(20)18-13-6-1-2-7-14(13)19/h1-7,10,19H,8-9H2,(H2,17,18,20). The molecule has 0 saturated carbocycles. The Bertz CT molecular complexity index is 602. The largest absolute Gasteiger partial charge is 0.506 e. The molecular weight excluding hydrogens is 320 g/mol. The summed E-state index contributed by atoms with van der Waals surface area (Å²) in [7, 11) is 0. The molecule has 0 aliphatic rings. The highest BCUT2D eigenvalue weighted by Gasteiger charge is 2.04. The van der Waals surface area contributed by atoms with Crippen LogP contribution in [-0.2, 0) is 6.42 Å². The van der Waals surface area contributed by atoms with Gasteiger partial charge in [0.15, 0.2) is 0 Å². The first-order chi connectivity index (χ1) is 9.65. The van der Waals surface area contributed by atoms with Gasteiger partial charge in [-0.1, -0.05) is 40.2 Å². The molecule has 0 radical (unpaired) electrons. The lowest BCUT2D eigenvalue weighted by Crippen LogP contribution is -2.30. The first kappa shape index (κ1) is 14.4. The van der Waals surface area contributed by atoms with Crippen molar-refractivity contribution in [1.29, 1.82) is 0 Å². The van der Waals surface area contributed by atoms with E-state index >= 15 is 0 Å². The molecule has 3 N–H and O–H groups in total. The monoisotopic (exact) mass is 334 g/mol. The third-order valence-corrected chi connectivity index (χ3v) is 3.23. The molecule has 2 amide bonds. The van der Waals surface area contributed by atoms with Crippen molar-refractivity contribution in [2.24, 2.45) is 0 Å². The highest BCUT2D eigenvalue weighted by atomic mass is 79.9. The number of nitrogens with one attached hydrogen (secondary N) is 2. The molecule has 5 heteroatoms. The number of urea groups is 1. The molecule has 0 spiro atoms. The Morgan fingerprint density at radius 2 is 1.95 bits per heavy atom. The molecule has 2 aromatic rings. The van der Waals surface area contributed by atoms with Crippen molar-refractivity contribution in [1.82, 2.24) is 5.32 Å². The van der Waals surface area contributed by atoms with Crippen molar-refractivity contribution in [2.45, 2.75) is 6.42 Å². The van der Waals surface area contributed by atoms with Crippen LogP contribution in [0.4, 0.5) is 10.5 Å². The second kappa shape index (κ2) is 6.96. The minimum absolute atomic E-state index is 0.0506. The van der Waals surface area contributed by atoms with Gasteiger partial charge in [-0.25, -0.2) is 4.79 Å². The summed E-state index contributed by atoms with van der Waals surface area (Å²) in [6.07, 6.45) is 0.744.